The summed E-state index contributed by atoms with van der Waals surface area (Å²) in [6, 6.07) is 33.0. The molecule has 2 amide bonds. The van der Waals surface area contributed by atoms with Crippen LogP contribution in [0.3, 0.4) is 0 Å². The summed E-state index contributed by atoms with van der Waals surface area (Å²) in [7, 11) is -4.10. The SMILES string of the molecule is CCCNC(=O)[C@@H](Cc1ccccc1)N(Cc1ccccc1C)C(=O)CN(c1ccccc1)S(=O)(=O)c1ccccc1. The van der Waals surface area contributed by atoms with E-state index >= 15 is 0 Å². The lowest BCUT2D eigenvalue weighted by Gasteiger charge is -2.34. The highest BCUT2D eigenvalue weighted by molar-refractivity contribution is 7.92. The first-order chi connectivity index (χ1) is 20.3. The molecule has 0 saturated carbocycles. The Kier molecular flexibility index (Phi) is 10.5. The van der Waals surface area contributed by atoms with Gasteiger partial charge in [-0.3, -0.25) is 13.9 Å². The predicted molar refractivity (Wildman–Crippen MR) is 166 cm³/mol. The van der Waals surface area contributed by atoms with E-state index in [1.54, 1.807) is 48.5 Å². The summed E-state index contributed by atoms with van der Waals surface area (Å²) in [5.74, 6) is -0.756. The van der Waals surface area contributed by atoms with Crippen molar-refractivity contribution < 1.29 is 18.0 Å². The lowest BCUT2D eigenvalue weighted by atomic mass is 10.0. The van der Waals surface area contributed by atoms with Crippen molar-refractivity contribution >= 4 is 27.5 Å². The van der Waals surface area contributed by atoms with Crippen LogP contribution in [0.4, 0.5) is 5.69 Å². The molecule has 0 unspecified atom stereocenters. The van der Waals surface area contributed by atoms with Crippen LogP contribution in [-0.4, -0.2) is 44.3 Å². The molecule has 0 aliphatic heterocycles. The largest absolute Gasteiger partial charge is 0.354 e. The van der Waals surface area contributed by atoms with Crippen LogP contribution in [0.5, 0.6) is 0 Å². The number of amides is 2. The molecule has 0 fully saturated rings. The molecule has 8 heteroatoms. The number of nitrogens with one attached hydrogen (secondary N) is 1. The molecule has 42 heavy (non-hydrogen) atoms. The number of hydrogen-bond acceptors (Lipinski definition) is 4. The van der Waals surface area contributed by atoms with Crippen LogP contribution in [0.25, 0.3) is 0 Å². The second kappa shape index (κ2) is 14.5. The lowest BCUT2D eigenvalue weighted by Crippen LogP contribution is -2.53. The Balaban J connectivity index is 1.78. The van der Waals surface area contributed by atoms with Crippen molar-refractivity contribution in [2.45, 2.75) is 44.2 Å². The summed E-state index contributed by atoms with van der Waals surface area (Å²) in [4.78, 5) is 29.6. The number of aryl methyl sites for hydroxylation is 1. The van der Waals surface area contributed by atoms with E-state index < -0.39 is 28.5 Å². The standard InChI is InChI=1S/C34H37N3O4S/c1-3-23-35-34(39)32(24-28-16-7-4-8-17-28)36(25-29-18-14-13-15-27(29)2)33(38)26-37(30-19-9-5-10-20-30)42(40,41)31-21-11-6-12-22-31/h4-22,32H,3,23-26H2,1-2H3,(H,35,39)/t32-/m1/s1. The third-order valence-electron chi connectivity index (χ3n) is 7.08. The minimum Gasteiger partial charge on any atom is -0.354 e. The van der Waals surface area contributed by atoms with Crippen LogP contribution in [0.2, 0.25) is 0 Å². The lowest BCUT2D eigenvalue weighted by molar-refractivity contribution is -0.140. The van der Waals surface area contributed by atoms with Crippen molar-refractivity contribution in [2.24, 2.45) is 0 Å². The molecule has 0 saturated heterocycles. The van der Waals surface area contributed by atoms with Gasteiger partial charge in [0.15, 0.2) is 0 Å². The minimum absolute atomic E-state index is 0.0774. The Morgan fingerprint density at radius 1 is 0.786 bits per heavy atom. The molecule has 4 rings (SSSR count). The second-order valence-electron chi connectivity index (χ2n) is 10.1. The Morgan fingerprint density at radius 3 is 1.98 bits per heavy atom. The maximum atomic E-state index is 14.4. The van der Waals surface area contributed by atoms with Gasteiger partial charge in [-0.25, -0.2) is 8.42 Å². The number of carbonyl (C=O) groups is 2. The van der Waals surface area contributed by atoms with E-state index in [0.29, 0.717) is 12.2 Å². The van der Waals surface area contributed by atoms with Crippen LogP contribution >= 0.6 is 0 Å². The van der Waals surface area contributed by atoms with Gasteiger partial charge >= 0.3 is 0 Å². The van der Waals surface area contributed by atoms with Gasteiger partial charge in [-0.2, -0.15) is 0 Å². The zero-order valence-corrected chi connectivity index (χ0v) is 24.8. The van der Waals surface area contributed by atoms with Crippen LogP contribution < -0.4 is 9.62 Å². The Hall–Kier alpha value is -4.43. The molecule has 4 aromatic rings. The Bertz CT molecular complexity index is 1560. The van der Waals surface area contributed by atoms with Gasteiger partial charge in [0.25, 0.3) is 10.0 Å². The molecule has 0 radical (unpaired) electrons. The fourth-order valence-corrected chi connectivity index (χ4v) is 6.17. The molecule has 218 valence electrons. The highest BCUT2D eigenvalue weighted by Crippen LogP contribution is 2.25. The van der Waals surface area contributed by atoms with Crippen LogP contribution in [-0.2, 0) is 32.6 Å². The van der Waals surface area contributed by atoms with Gasteiger partial charge in [0.1, 0.15) is 12.6 Å². The average molecular weight is 584 g/mol. The van der Waals surface area contributed by atoms with Crippen molar-refractivity contribution in [3.8, 4) is 0 Å². The summed E-state index contributed by atoms with van der Waals surface area (Å²) in [5.41, 5.74) is 3.11. The number of anilines is 1. The number of hydrogen-bond donors (Lipinski definition) is 1. The zero-order valence-electron chi connectivity index (χ0n) is 24.0. The van der Waals surface area contributed by atoms with Gasteiger partial charge < -0.3 is 10.2 Å². The smallest absolute Gasteiger partial charge is 0.264 e. The van der Waals surface area contributed by atoms with E-state index in [1.165, 1.54) is 17.0 Å². The van der Waals surface area contributed by atoms with Crippen molar-refractivity contribution in [3.63, 3.8) is 0 Å². The number of rotatable bonds is 13. The Morgan fingerprint density at radius 2 is 1.36 bits per heavy atom. The van der Waals surface area contributed by atoms with Gasteiger partial charge in [0.05, 0.1) is 10.6 Å². The zero-order chi connectivity index (χ0) is 30.0. The monoisotopic (exact) mass is 583 g/mol. The summed E-state index contributed by atoms with van der Waals surface area (Å²) >= 11 is 0. The van der Waals surface area contributed by atoms with E-state index in [4.69, 9.17) is 0 Å². The maximum absolute atomic E-state index is 14.4. The summed E-state index contributed by atoms with van der Waals surface area (Å²) < 4.78 is 29.0. The van der Waals surface area contributed by atoms with Gasteiger partial charge in [0.2, 0.25) is 11.8 Å². The first kappa shape index (κ1) is 30.5. The Labute approximate surface area is 248 Å². The van der Waals surface area contributed by atoms with Crippen molar-refractivity contribution in [2.75, 3.05) is 17.4 Å². The maximum Gasteiger partial charge on any atom is 0.264 e. The number of para-hydroxylation sites is 1. The molecule has 7 nitrogen and oxygen atoms in total. The number of nitrogens with zero attached hydrogens (tertiary/aromatic N) is 2. The third kappa shape index (κ3) is 7.64. The topological polar surface area (TPSA) is 86.8 Å². The molecule has 0 spiro atoms. The summed E-state index contributed by atoms with van der Waals surface area (Å²) in [5, 5.41) is 2.96. The fraction of sp³-hybridized carbons (Fsp3) is 0.235. The molecule has 0 heterocycles. The van der Waals surface area contributed by atoms with Gasteiger partial charge in [-0.1, -0.05) is 97.9 Å². The van der Waals surface area contributed by atoms with E-state index in [2.05, 4.69) is 5.32 Å². The predicted octanol–water partition coefficient (Wildman–Crippen LogP) is 5.36. The molecule has 0 aromatic heterocycles. The van der Waals surface area contributed by atoms with Crippen molar-refractivity contribution in [1.82, 2.24) is 10.2 Å². The first-order valence-corrected chi connectivity index (χ1v) is 15.5. The van der Waals surface area contributed by atoms with E-state index in [9.17, 15) is 18.0 Å². The molecule has 1 atom stereocenters. The fourth-order valence-electron chi connectivity index (χ4n) is 4.73. The highest BCUT2D eigenvalue weighted by Gasteiger charge is 2.34. The summed E-state index contributed by atoms with van der Waals surface area (Å²) in [6.07, 6.45) is 1.03. The molecule has 0 aliphatic carbocycles. The van der Waals surface area contributed by atoms with Crippen LogP contribution in [0, 0.1) is 6.92 Å². The van der Waals surface area contributed by atoms with Gasteiger partial charge in [0, 0.05) is 19.5 Å². The second-order valence-corrected chi connectivity index (χ2v) is 12.0. The molecule has 0 bridgehead atoms. The van der Waals surface area contributed by atoms with Crippen LogP contribution in [0.1, 0.15) is 30.0 Å². The average Bonchev–Trinajstić information content (AvgIpc) is 3.02. The molecular formula is C34H37N3O4S. The summed E-state index contributed by atoms with van der Waals surface area (Å²) in [6.45, 7) is 4.07. The quantitative estimate of drug-likeness (QED) is 0.230. The minimum atomic E-state index is -4.10. The normalized spacial score (nSPS) is 11.9. The van der Waals surface area contributed by atoms with E-state index in [1.807, 2.05) is 68.4 Å². The van der Waals surface area contributed by atoms with Crippen LogP contribution in [0.15, 0.2) is 120 Å². The molecule has 1 N–H and O–H groups in total. The highest BCUT2D eigenvalue weighted by atomic mass is 32.2. The molecule has 0 aliphatic rings. The molecular weight excluding hydrogens is 546 g/mol. The number of benzene rings is 4. The van der Waals surface area contributed by atoms with E-state index in [0.717, 1.165) is 27.4 Å². The van der Waals surface area contributed by atoms with Gasteiger partial charge in [-0.05, 0) is 54.3 Å². The van der Waals surface area contributed by atoms with E-state index in [-0.39, 0.29) is 23.8 Å². The van der Waals surface area contributed by atoms with Crippen molar-refractivity contribution in [3.05, 3.63) is 132 Å². The molecule has 4 aromatic carbocycles. The third-order valence-corrected chi connectivity index (χ3v) is 8.86. The van der Waals surface area contributed by atoms with Crippen molar-refractivity contribution in [1.29, 1.82) is 0 Å². The number of carbonyl (C=O) groups excluding carboxylic acids is 2. The first-order valence-electron chi connectivity index (χ1n) is 14.1. The number of sulfonamides is 1. The van der Waals surface area contributed by atoms with Gasteiger partial charge in [-0.15, -0.1) is 0 Å².